The van der Waals surface area contributed by atoms with Crippen molar-refractivity contribution >= 4 is 0 Å². The molecule has 3 nitrogen and oxygen atoms in total. The number of hydrogen-bond donors (Lipinski definition) is 0. The molecule has 0 radical (unpaired) electrons. The van der Waals surface area contributed by atoms with Crippen molar-refractivity contribution in [3.05, 3.63) is 12.7 Å². The first-order valence-electron chi connectivity index (χ1n) is 5.18. The summed E-state index contributed by atoms with van der Waals surface area (Å²) in [6, 6.07) is 6.22. The maximum absolute atomic E-state index is 9.24. The van der Waals surface area contributed by atoms with Crippen molar-refractivity contribution in [2.75, 3.05) is 0 Å². The molecular formula is C13H17N3. The lowest BCUT2D eigenvalue weighted by molar-refractivity contribution is 0.149. The van der Waals surface area contributed by atoms with Crippen LogP contribution in [0.15, 0.2) is 12.7 Å². The predicted octanol–water partition coefficient (Wildman–Crippen LogP) is 3.17. The predicted molar refractivity (Wildman–Crippen MR) is 61.6 cm³/mol. The first-order chi connectivity index (χ1) is 7.37. The van der Waals surface area contributed by atoms with Gasteiger partial charge in [0.15, 0.2) is 5.41 Å². The highest BCUT2D eigenvalue weighted by Gasteiger charge is 2.44. The molecule has 0 heterocycles. The van der Waals surface area contributed by atoms with Crippen LogP contribution in [0, 0.1) is 50.7 Å². The molecule has 0 N–H and O–H groups in total. The number of rotatable bonds is 4. The maximum Gasteiger partial charge on any atom is 0.151 e. The second-order valence-electron chi connectivity index (χ2n) is 4.97. The summed E-state index contributed by atoms with van der Waals surface area (Å²) in [5.41, 5.74) is -1.40. The van der Waals surface area contributed by atoms with Crippen LogP contribution < -0.4 is 0 Å². The molecule has 0 aromatic carbocycles. The van der Waals surface area contributed by atoms with Crippen LogP contribution in [-0.4, -0.2) is 0 Å². The third-order valence-electron chi connectivity index (χ3n) is 2.80. The second-order valence-corrected chi connectivity index (χ2v) is 4.97. The van der Waals surface area contributed by atoms with Crippen molar-refractivity contribution in [2.45, 2.75) is 33.6 Å². The largest absolute Gasteiger partial charge is 0.198 e. The lowest BCUT2D eigenvalue weighted by Crippen LogP contribution is -2.36. The molecule has 16 heavy (non-hydrogen) atoms. The monoisotopic (exact) mass is 215 g/mol. The average Bonchev–Trinajstić information content (AvgIpc) is 2.22. The van der Waals surface area contributed by atoms with E-state index in [-0.39, 0.29) is 17.8 Å². The number of hydrogen-bond acceptors (Lipinski definition) is 3. The third-order valence-corrected chi connectivity index (χ3v) is 2.80. The zero-order chi connectivity index (χ0) is 12.8. The molecule has 1 atom stereocenters. The van der Waals surface area contributed by atoms with Crippen molar-refractivity contribution in [1.29, 1.82) is 15.8 Å². The number of nitriles is 3. The summed E-state index contributed by atoms with van der Waals surface area (Å²) in [6.45, 7) is 9.42. The first-order valence-corrected chi connectivity index (χ1v) is 5.18. The van der Waals surface area contributed by atoms with Gasteiger partial charge in [0.1, 0.15) is 0 Å². The van der Waals surface area contributed by atoms with E-state index in [1.54, 1.807) is 6.08 Å². The summed E-state index contributed by atoms with van der Waals surface area (Å²) < 4.78 is 0. The van der Waals surface area contributed by atoms with Crippen LogP contribution in [0.5, 0.6) is 0 Å². The van der Waals surface area contributed by atoms with E-state index in [9.17, 15) is 10.5 Å². The van der Waals surface area contributed by atoms with Crippen LogP contribution in [0.4, 0.5) is 0 Å². The lowest BCUT2D eigenvalue weighted by Gasteiger charge is -2.36. The summed E-state index contributed by atoms with van der Waals surface area (Å²) in [5, 5.41) is 27.3. The molecule has 0 aliphatic heterocycles. The fourth-order valence-corrected chi connectivity index (χ4v) is 1.95. The number of nitrogens with zero attached hydrogens (tertiary/aromatic N) is 3. The van der Waals surface area contributed by atoms with Crippen molar-refractivity contribution in [3.8, 4) is 18.2 Å². The first kappa shape index (κ1) is 14.2. The van der Waals surface area contributed by atoms with Crippen LogP contribution in [0.1, 0.15) is 33.6 Å². The molecule has 0 spiro atoms. The molecule has 0 aromatic rings. The quantitative estimate of drug-likeness (QED) is 0.676. The van der Waals surface area contributed by atoms with E-state index in [1.807, 2.05) is 20.8 Å². The van der Waals surface area contributed by atoms with E-state index in [0.717, 1.165) is 0 Å². The molecule has 0 aromatic heterocycles. The Morgan fingerprint density at radius 2 is 1.69 bits per heavy atom. The summed E-state index contributed by atoms with van der Waals surface area (Å²) in [5.74, 6) is -0.280. The van der Waals surface area contributed by atoms with E-state index < -0.39 is 5.41 Å². The van der Waals surface area contributed by atoms with Gasteiger partial charge in [0, 0.05) is 12.3 Å². The van der Waals surface area contributed by atoms with Gasteiger partial charge in [-0.1, -0.05) is 26.8 Å². The van der Waals surface area contributed by atoms with E-state index in [0.29, 0.717) is 6.42 Å². The van der Waals surface area contributed by atoms with Gasteiger partial charge in [-0.3, -0.25) is 0 Å². The minimum absolute atomic E-state index is 0.207. The highest BCUT2D eigenvalue weighted by molar-refractivity contribution is 5.21. The van der Waals surface area contributed by atoms with Gasteiger partial charge in [-0.05, 0) is 11.8 Å². The van der Waals surface area contributed by atoms with Gasteiger partial charge in [-0.15, -0.1) is 6.58 Å². The molecule has 0 saturated heterocycles. The standard InChI is InChI=1S/C13H17N3/c1-5-7-13(9-15,10-16)11(6-8-14)12(2,3)4/h5,11H,1,6-7H2,2-4H3. The minimum atomic E-state index is -1.14. The van der Waals surface area contributed by atoms with Crippen LogP contribution >= 0.6 is 0 Å². The Morgan fingerprint density at radius 1 is 1.19 bits per heavy atom. The minimum Gasteiger partial charge on any atom is -0.198 e. The topological polar surface area (TPSA) is 71.4 Å². The normalized spacial score (nSPS) is 13.0. The molecule has 0 rings (SSSR count). The van der Waals surface area contributed by atoms with Gasteiger partial charge < -0.3 is 0 Å². The molecule has 1 unspecified atom stereocenters. The molecule has 3 heteroatoms. The van der Waals surface area contributed by atoms with Crippen molar-refractivity contribution in [2.24, 2.45) is 16.7 Å². The van der Waals surface area contributed by atoms with Gasteiger partial charge in [-0.25, -0.2) is 0 Å². The highest BCUT2D eigenvalue weighted by atomic mass is 14.5. The van der Waals surface area contributed by atoms with Crippen molar-refractivity contribution in [3.63, 3.8) is 0 Å². The summed E-state index contributed by atoms with van der Waals surface area (Å²) in [4.78, 5) is 0. The molecule has 0 amide bonds. The molecule has 0 fully saturated rings. The Kier molecular flexibility index (Phi) is 4.74. The second kappa shape index (κ2) is 5.34. The number of allylic oxidation sites excluding steroid dienone is 1. The smallest absolute Gasteiger partial charge is 0.151 e. The van der Waals surface area contributed by atoms with Gasteiger partial charge in [0.05, 0.1) is 18.2 Å². The fraction of sp³-hybridized carbons (Fsp3) is 0.615. The van der Waals surface area contributed by atoms with E-state index in [4.69, 9.17) is 5.26 Å². The Hall–Kier alpha value is -1.79. The Labute approximate surface area is 97.6 Å². The zero-order valence-corrected chi connectivity index (χ0v) is 10.1. The molecule has 84 valence electrons. The summed E-state index contributed by atoms with van der Waals surface area (Å²) in [7, 11) is 0. The van der Waals surface area contributed by atoms with Crippen molar-refractivity contribution < 1.29 is 0 Å². The maximum atomic E-state index is 9.24. The average molecular weight is 215 g/mol. The Morgan fingerprint density at radius 3 is 1.94 bits per heavy atom. The molecule has 0 saturated carbocycles. The SMILES string of the molecule is C=CCC(C#N)(C#N)C(CC#N)C(C)(C)C. The molecule has 0 bridgehead atoms. The van der Waals surface area contributed by atoms with Crippen LogP contribution in [0.25, 0.3) is 0 Å². The van der Waals surface area contributed by atoms with E-state index in [2.05, 4.69) is 24.8 Å². The van der Waals surface area contributed by atoms with Gasteiger partial charge in [0.25, 0.3) is 0 Å². The fourth-order valence-electron chi connectivity index (χ4n) is 1.95. The highest BCUT2D eigenvalue weighted by Crippen LogP contribution is 2.44. The van der Waals surface area contributed by atoms with Gasteiger partial charge in [0.2, 0.25) is 0 Å². The van der Waals surface area contributed by atoms with Gasteiger partial charge in [-0.2, -0.15) is 15.8 Å². The van der Waals surface area contributed by atoms with Crippen LogP contribution in [0.2, 0.25) is 0 Å². The van der Waals surface area contributed by atoms with E-state index >= 15 is 0 Å². The summed E-state index contributed by atoms with van der Waals surface area (Å²) >= 11 is 0. The molecule has 0 aliphatic rings. The zero-order valence-electron chi connectivity index (χ0n) is 10.1. The summed E-state index contributed by atoms with van der Waals surface area (Å²) in [6.07, 6.45) is 2.07. The van der Waals surface area contributed by atoms with Gasteiger partial charge >= 0.3 is 0 Å². The Bertz CT molecular complexity index is 354. The molecular weight excluding hydrogens is 198 g/mol. The van der Waals surface area contributed by atoms with Crippen molar-refractivity contribution in [1.82, 2.24) is 0 Å². The Balaban J connectivity index is 5.48. The van der Waals surface area contributed by atoms with Crippen LogP contribution in [0.3, 0.4) is 0 Å². The lowest BCUT2D eigenvalue weighted by atomic mass is 9.62. The van der Waals surface area contributed by atoms with Crippen LogP contribution in [-0.2, 0) is 0 Å². The van der Waals surface area contributed by atoms with E-state index in [1.165, 1.54) is 0 Å². The third kappa shape index (κ3) is 2.85. The molecule has 0 aliphatic carbocycles.